The molecule has 0 amide bonds. The van der Waals surface area contributed by atoms with E-state index in [4.69, 9.17) is 4.74 Å². The number of aromatic hydroxyl groups is 2. The van der Waals surface area contributed by atoms with Crippen molar-refractivity contribution < 1.29 is 19.3 Å². The third-order valence-corrected chi connectivity index (χ3v) is 6.97. The minimum atomic E-state index is -0.232. The zero-order valence-electron chi connectivity index (χ0n) is 20.0. The SMILES string of the molecule is Cc1c(-c2ccc(O)cc2)n(Cc2ccc(OCCN3CCC(CF)C3)cc2)c2ccc(O)cc12. The summed E-state index contributed by atoms with van der Waals surface area (Å²) in [4.78, 5) is 2.26. The molecule has 1 aliphatic heterocycles. The molecule has 1 aliphatic rings. The standard InChI is InChI=1S/C29H31FN2O3/c1-20-27-16-25(34)8-11-28(27)32(29(20)23-4-6-24(33)7-5-23)19-21-2-9-26(10-3-21)35-15-14-31-13-12-22(17-30)18-31/h2-11,16,22,33-34H,12-15,17-19H2,1H3. The van der Waals surface area contributed by atoms with Crippen LogP contribution < -0.4 is 4.74 Å². The van der Waals surface area contributed by atoms with Gasteiger partial charge in [-0.3, -0.25) is 9.29 Å². The van der Waals surface area contributed by atoms with Crippen LogP contribution in [0.25, 0.3) is 22.2 Å². The monoisotopic (exact) mass is 474 g/mol. The molecular formula is C29H31FN2O3. The van der Waals surface area contributed by atoms with Gasteiger partial charge >= 0.3 is 0 Å². The van der Waals surface area contributed by atoms with Crippen LogP contribution in [-0.4, -0.2) is 52.6 Å². The third-order valence-electron chi connectivity index (χ3n) is 6.97. The van der Waals surface area contributed by atoms with Crippen LogP contribution in [0.2, 0.25) is 0 Å². The fourth-order valence-electron chi connectivity index (χ4n) is 5.07. The molecule has 1 unspecified atom stereocenters. The lowest BCUT2D eigenvalue weighted by molar-refractivity contribution is 0.228. The Labute approximate surface area is 205 Å². The highest BCUT2D eigenvalue weighted by atomic mass is 19.1. The molecule has 0 radical (unpaired) electrons. The number of benzene rings is 3. The highest BCUT2D eigenvalue weighted by Gasteiger charge is 2.22. The Hall–Kier alpha value is -3.51. The normalized spacial score (nSPS) is 16.2. The molecule has 1 fully saturated rings. The van der Waals surface area contributed by atoms with Gasteiger partial charge in [-0.15, -0.1) is 0 Å². The molecule has 5 nitrogen and oxygen atoms in total. The number of likely N-dealkylation sites (tertiary alicyclic amines) is 1. The summed E-state index contributed by atoms with van der Waals surface area (Å²) >= 11 is 0. The van der Waals surface area contributed by atoms with E-state index in [0.717, 1.165) is 65.1 Å². The van der Waals surface area contributed by atoms with E-state index in [2.05, 4.69) is 28.5 Å². The van der Waals surface area contributed by atoms with E-state index in [0.29, 0.717) is 13.2 Å². The Balaban J connectivity index is 1.34. The van der Waals surface area contributed by atoms with Crippen molar-refractivity contribution in [3.05, 3.63) is 77.9 Å². The number of nitrogens with zero attached hydrogens (tertiary/aromatic N) is 2. The fourth-order valence-corrected chi connectivity index (χ4v) is 5.07. The summed E-state index contributed by atoms with van der Waals surface area (Å²) in [5.41, 5.74) is 5.32. The van der Waals surface area contributed by atoms with Crippen LogP contribution in [-0.2, 0) is 6.54 Å². The summed E-state index contributed by atoms with van der Waals surface area (Å²) in [6.45, 7) is 5.67. The number of ether oxygens (including phenoxy) is 1. The number of aromatic nitrogens is 1. The summed E-state index contributed by atoms with van der Waals surface area (Å²) in [6, 6.07) is 20.8. The number of alkyl halides is 1. The highest BCUT2D eigenvalue weighted by Crippen LogP contribution is 2.36. The van der Waals surface area contributed by atoms with E-state index < -0.39 is 0 Å². The van der Waals surface area contributed by atoms with Gasteiger partial charge < -0.3 is 19.5 Å². The van der Waals surface area contributed by atoms with Gasteiger partial charge in [-0.05, 0) is 91.2 Å². The van der Waals surface area contributed by atoms with Crippen LogP contribution in [0.5, 0.6) is 17.2 Å². The molecule has 1 aromatic heterocycles. The first-order valence-electron chi connectivity index (χ1n) is 12.1. The second-order valence-corrected chi connectivity index (χ2v) is 9.41. The number of phenols is 2. The zero-order chi connectivity index (χ0) is 24.4. The van der Waals surface area contributed by atoms with Crippen LogP contribution in [0, 0.1) is 12.8 Å². The molecule has 3 aromatic carbocycles. The van der Waals surface area contributed by atoms with Gasteiger partial charge in [0.1, 0.15) is 23.9 Å². The molecule has 1 atom stereocenters. The molecule has 2 N–H and O–H groups in total. The van der Waals surface area contributed by atoms with Gasteiger partial charge in [-0.25, -0.2) is 0 Å². The molecule has 0 saturated carbocycles. The smallest absolute Gasteiger partial charge is 0.119 e. The van der Waals surface area contributed by atoms with Crippen LogP contribution in [0.3, 0.4) is 0 Å². The molecule has 0 aliphatic carbocycles. The lowest BCUT2D eigenvalue weighted by atomic mass is 10.1. The topological polar surface area (TPSA) is 57.9 Å². The lowest BCUT2D eigenvalue weighted by Gasteiger charge is -2.16. The van der Waals surface area contributed by atoms with Gasteiger partial charge in [0, 0.05) is 36.5 Å². The maximum atomic E-state index is 12.8. The Morgan fingerprint density at radius 3 is 2.43 bits per heavy atom. The molecule has 1 saturated heterocycles. The Morgan fingerprint density at radius 2 is 1.71 bits per heavy atom. The van der Waals surface area contributed by atoms with Crippen molar-refractivity contribution in [3.63, 3.8) is 0 Å². The third kappa shape index (κ3) is 4.98. The Kier molecular flexibility index (Phi) is 6.64. The molecule has 182 valence electrons. The number of hydrogen-bond donors (Lipinski definition) is 2. The number of rotatable bonds is 8. The van der Waals surface area contributed by atoms with Crippen molar-refractivity contribution in [1.29, 1.82) is 0 Å². The van der Waals surface area contributed by atoms with Gasteiger partial charge in [-0.2, -0.15) is 0 Å². The van der Waals surface area contributed by atoms with Gasteiger partial charge in [0.05, 0.1) is 12.4 Å². The first-order valence-corrected chi connectivity index (χ1v) is 12.1. The maximum absolute atomic E-state index is 12.8. The van der Waals surface area contributed by atoms with Gasteiger partial charge in [0.15, 0.2) is 0 Å². The van der Waals surface area contributed by atoms with Gasteiger partial charge in [-0.1, -0.05) is 12.1 Å². The van der Waals surface area contributed by atoms with E-state index in [1.807, 2.05) is 30.3 Å². The van der Waals surface area contributed by atoms with Gasteiger partial charge in [0.2, 0.25) is 0 Å². The summed E-state index contributed by atoms with van der Waals surface area (Å²) in [7, 11) is 0. The molecule has 35 heavy (non-hydrogen) atoms. The van der Waals surface area contributed by atoms with Crippen LogP contribution in [0.4, 0.5) is 4.39 Å². The van der Waals surface area contributed by atoms with E-state index in [1.165, 1.54) is 0 Å². The van der Waals surface area contributed by atoms with Crippen molar-refractivity contribution in [3.8, 4) is 28.5 Å². The Morgan fingerprint density at radius 1 is 0.971 bits per heavy atom. The number of halogens is 1. The Bertz CT molecular complexity index is 1300. The molecule has 2 heterocycles. The predicted molar refractivity (Wildman–Crippen MR) is 137 cm³/mol. The number of hydrogen-bond acceptors (Lipinski definition) is 4. The highest BCUT2D eigenvalue weighted by molar-refractivity contribution is 5.92. The average molecular weight is 475 g/mol. The van der Waals surface area contributed by atoms with E-state index >= 15 is 0 Å². The van der Waals surface area contributed by atoms with Crippen molar-refractivity contribution in [2.75, 3.05) is 32.9 Å². The molecule has 4 aromatic rings. The number of fused-ring (bicyclic) bond motifs is 1. The first-order chi connectivity index (χ1) is 17.0. The summed E-state index contributed by atoms with van der Waals surface area (Å²) in [5, 5.41) is 20.8. The van der Waals surface area contributed by atoms with Crippen molar-refractivity contribution in [2.24, 2.45) is 5.92 Å². The minimum Gasteiger partial charge on any atom is -0.508 e. The number of aryl methyl sites for hydroxylation is 1. The second kappa shape index (κ2) is 10.0. The summed E-state index contributed by atoms with van der Waals surface area (Å²) < 4.78 is 21.0. The van der Waals surface area contributed by atoms with Crippen molar-refractivity contribution >= 4 is 10.9 Å². The van der Waals surface area contributed by atoms with E-state index in [1.54, 1.807) is 24.3 Å². The largest absolute Gasteiger partial charge is 0.508 e. The zero-order valence-corrected chi connectivity index (χ0v) is 20.0. The minimum absolute atomic E-state index is 0.179. The van der Waals surface area contributed by atoms with Crippen molar-refractivity contribution in [1.82, 2.24) is 9.47 Å². The van der Waals surface area contributed by atoms with E-state index in [9.17, 15) is 14.6 Å². The lowest BCUT2D eigenvalue weighted by Crippen LogP contribution is -2.26. The van der Waals surface area contributed by atoms with Crippen LogP contribution in [0.15, 0.2) is 66.7 Å². The number of phenolic OH excluding ortho intramolecular Hbond substituents is 2. The van der Waals surface area contributed by atoms with Gasteiger partial charge in [0.25, 0.3) is 0 Å². The fraction of sp³-hybridized carbons (Fsp3) is 0.310. The summed E-state index contributed by atoms with van der Waals surface area (Å²) in [5.74, 6) is 1.48. The first kappa shape index (κ1) is 23.2. The molecule has 0 bridgehead atoms. The summed E-state index contributed by atoms with van der Waals surface area (Å²) in [6.07, 6.45) is 0.935. The second-order valence-electron chi connectivity index (χ2n) is 9.41. The molecule has 5 rings (SSSR count). The quantitative estimate of drug-likeness (QED) is 0.342. The van der Waals surface area contributed by atoms with E-state index in [-0.39, 0.29) is 24.1 Å². The molecule has 6 heteroatoms. The molecular weight excluding hydrogens is 443 g/mol. The maximum Gasteiger partial charge on any atom is 0.119 e. The van der Waals surface area contributed by atoms with Crippen molar-refractivity contribution in [2.45, 2.75) is 19.9 Å². The average Bonchev–Trinajstić information content (AvgIpc) is 3.43. The van der Waals surface area contributed by atoms with Crippen LogP contribution >= 0.6 is 0 Å². The van der Waals surface area contributed by atoms with Crippen LogP contribution in [0.1, 0.15) is 17.5 Å². The molecule has 0 spiro atoms. The predicted octanol–water partition coefficient (Wildman–Crippen LogP) is 5.75.